The molecular formula is C24H44O6. The van der Waals surface area contributed by atoms with Crippen LogP contribution in [0, 0.1) is 0 Å². The molecule has 2 rings (SSSR count). The molecule has 6 atom stereocenters. The highest BCUT2D eigenvalue weighted by Crippen LogP contribution is 2.39. The molecule has 176 valence electrons. The largest absolute Gasteiger partial charge is 0.463 e. The molecule has 30 heavy (non-hydrogen) atoms. The molecule has 6 heteroatoms. The van der Waals surface area contributed by atoms with Crippen LogP contribution in [0.25, 0.3) is 0 Å². The van der Waals surface area contributed by atoms with Gasteiger partial charge < -0.3 is 24.1 Å². The van der Waals surface area contributed by atoms with Gasteiger partial charge in [-0.3, -0.25) is 4.79 Å². The van der Waals surface area contributed by atoms with Gasteiger partial charge in [-0.2, -0.15) is 0 Å². The summed E-state index contributed by atoms with van der Waals surface area (Å²) in [7, 11) is 0. The van der Waals surface area contributed by atoms with Gasteiger partial charge in [0.05, 0.1) is 43.2 Å². The Labute approximate surface area is 183 Å². The summed E-state index contributed by atoms with van der Waals surface area (Å²) in [5.74, 6) is -0.160. The maximum atomic E-state index is 11.7. The fourth-order valence-corrected chi connectivity index (χ4v) is 3.88. The number of epoxide rings is 2. The van der Waals surface area contributed by atoms with Crippen molar-refractivity contribution in [2.24, 2.45) is 0 Å². The van der Waals surface area contributed by atoms with E-state index in [4.69, 9.17) is 24.1 Å². The maximum Gasteiger partial charge on any atom is 0.305 e. The van der Waals surface area contributed by atoms with Gasteiger partial charge in [0.1, 0.15) is 6.61 Å². The van der Waals surface area contributed by atoms with Gasteiger partial charge in [-0.15, -0.1) is 0 Å². The first-order valence-electron chi connectivity index (χ1n) is 12.3. The second kappa shape index (κ2) is 14.4. The van der Waals surface area contributed by atoms with E-state index in [0.717, 1.165) is 32.1 Å². The molecule has 0 aromatic rings. The molecule has 0 amide bonds. The zero-order valence-corrected chi connectivity index (χ0v) is 19.4. The lowest BCUT2D eigenvalue weighted by Crippen LogP contribution is -2.23. The van der Waals surface area contributed by atoms with Crippen molar-refractivity contribution in [3.8, 4) is 0 Å². The van der Waals surface area contributed by atoms with Gasteiger partial charge in [-0.25, -0.2) is 0 Å². The van der Waals surface area contributed by atoms with E-state index in [1.165, 1.54) is 38.5 Å². The highest BCUT2D eigenvalue weighted by molar-refractivity contribution is 5.69. The lowest BCUT2D eigenvalue weighted by atomic mass is 10.0. The minimum atomic E-state index is -0.500. The molecule has 0 aliphatic carbocycles. The summed E-state index contributed by atoms with van der Waals surface area (Å²) in [4.78, 5) is 11.7. The molecule has 6 unspecified atom stereocenters. The molecule has 2 fully saturated rings. The Morgan fingerprint density at radius 3 is 2.10 bits per heavy atom. The molecule has 0 radical (unpaired) electrons. The molecule has 2 aliphatic rings. The van der Waals surface area contributed by atoms with E-state index < -0.39 is 6.10 Å². The monoisotopic (exact) mass is 428 g/mol. The van der Waals surface area contributed by atoms with Crippen molar-refractivity contribution in [2.75, 3.05) is 13.2 Å². The minimum absolute atomic E-state index is 0.160. The number of hydrogen-bond donors (Lipinski definition) is 1. The Morgan fingerprint density at radius 1 is 0.867 bits per heavy atom. The van der Waals surface area contributed by atoms with Crippen molar-refractivity contribution in [3.05, 3.63) is 0 Å². The summed E-state index contributed by atoms with van der Waals surface area (Å²) in [5.41, 5.74) is 0. The zero-order valence-electron chi connectivity index (χ0n) is 19.4. The van der Waals surface area contributed by atoms with Gasteiger partial charge in [0, 0.05) is 12.8 Å². The first-order valence-corrected chi connectivity index (χ1v) is 12.3. The van der Waals surface area contributed by atoms with Crippen LogP contribution >= 0.6 is 0 Å². The van der Waals surface area contributed by atoms with Crippen LogP contribution in [-0.2, 0) is 23.7 Å². The highest BCUT2D eigenvalue weighted by Gasteiger charge is 2.47. The number of rotatable bonds is 19. The molecule has 6 nitrogen and oxygen atoms in total. The summed E-state index contributed by atoms with van der Waals surface area (Å²) in [5, 5.41) is 9.17. The predicted octanol–water partition coefficient (Wildman–Crippen LogP) is 4.55. The van der Waals surface area contributed by atoms with E-state index in [9.17, 15) is 4.79 Å². The van der Waals surface area contributed by atoms with Gasteiger partial charge >= 0.3 is 5.97 Å². The molecule has 0 spiro atoms. The van der Waals surface area contributed by atoms with Crippen LogP contribution in [0.5, 0.6) is 0 Å². The van der Waals surface area contributed by atoms with Crippen LogP contribution in [0.3, 0.4) is 0 Å². The third-order valence-corrected chi connectivity index (χ3v) is 5.90. The third kappa shape index (κ3) is 11.6. The number of esters is 1. The molecular weight excluding hydrogens is 384 g/mol. The average molecular weight is 429 g/mol. The standard InChI is InChI=1S/C24H44O6/c1-4-5-9-12-20-22(29-20)15-23-21(30-23)13-10-7-6-8-11-14-24(26)28-17-19(3)27-16-18(2)25/h18-23,25H,4-17H2,1-3H3. The summed E-state index contributed by atoms with van der Waals surface area (Å²) >= 11 is 0. The van der Waals surface area contributed by atoms with E-state index in [2.05, 4.69) is 6.92 Å². The van der Waals surface area contributed by atoms with Crippen molar-refractivity contribution < 1.29 is 28.8 Å². The number of carbonyl (C=O) groups is 1. The normalized spacial score (nSPS) is 26.9. The summed E-state index contributed by atoms with van der Waals surface area (Å²) in [6.45, 7) is 6.26. The molecule has 1 N–H and O–H groups in total. The van der Waals surface area contributed by atoms with Crippen LogP contribution in [0.2, 0.25) is 0 Å². The fraction of sp³-hybridized carbons (Fsp3) is 0.958. The van der Waals surface area contributed by atoms with E-state index in [-0.39, 0.29) is 25.3 Å². The van der Waals surface area contributed by atoms with Crippen molar-refractivity contribution in [1.82, 2.24) is 0 Å². The van der Waals surface area contributed by atoms with Crippen LogP contribution < -0.4 is 0 Å². The molecule has 0 aromatic carbocycles. The third-order valence-electron chi connectivity index (χ3n) is 5.90. The molecule has 0 bridgehead atoms. The van der Waals surface area contributed by atoms with Gasteiger partial charge in [-0.1, -0.05) is 51.9 Å². The van der Waals surface area contributed by atoms with Gasteiger partial charge in [0.15, 0.2) is 0 Å². The molecule has 0 aromatic heterocycles. The smallest absolute Gasteiger partial charge is 0.305 e. The molecule has 2 saturated heterocycles. The Kier molecular flexibility index (Phi) is 12.3. The van der Waals surface area contributed by atoms with Crippen molar-refractivity contribution in [3.63, 3.8) is 0 Å². The zero-order chi connectivity index (χ0) is 21.8. The number of aliphatic hydroxyl groups excluding tert-OH is 1. The van der Waals surface area contributed by atoms with Crippen molar-refractivity contribution >= 4 is 5.97 Å². The Bertz CT molecular complexity index is 469. The predicted molar refractivity (Wildman–Crippen MR) is 116 cm³/mol. The van der Waals surface area contributed by atoms with Gasteiger partial charge in [-0.05, 0) is 33.1 Å². The van der Waals surface area contributed by atoms with Crippen molar-refractivity contribution in [1.29, 1.82) is 0 Å². The summed E-state index contributed by atoms with van der Waals surface area (Å²) in [6.07, 6.45) is 14.5. The van der Waals surface area contributed by atoms with E-state index >= 15 is 0 Å². The van der Waals surface area contributed by atoms with E-state index in [1.807, 2.05) is 6.92 Å². The number of hydrogen-bond acceptors (Lipinski definition) is 6. The SMILES string of the molecule is CCCCCC1OC1CC1OC1CCCCCCCC(=O)OCC(C)OCC(C)O. The highest BCUT2D eigenvalue weighted by atomic mass is 16.6. The second-order valence-electron chi connectivity index (χ2n) is 9.14. The number of aliphatic hydroxyl groups is 1. The lowest BCUT2D eigenvalue weighted by Gasteiger charge is -2.14. The number of carbonyl (C=O) groups excluding carboxylic acids is 1. The van der Waals surface area contributed by atoms with Crippen LogP contribution in [0.15, 0.2) is 0 Å². The van der Waals surface area contributed by atoms with Crippen LogP contribution in [0.4, 0.5) is 0 Å². The van der Waals surface area contributed by atoms with Gasteiger partial charge in [0.2, 0.25) is 0 Å². The summed E-state index contributed by atoms with van der Waals surface area (Å²) in [6, 6.07) is 0. The lowest BCUT2D eigenvalue weighted by molar-refractivity contribution is -0.148. The number of ether oxygens (including phenoxy) is 4. The molecule has 2 heterocycles. The van der Waals surface area contributed by atoms with E-state index in [1.54, 1.807) is 6.92 Å². The van der Waals surface area contributed by atoms with E-state index in [0.29, 0.717) is 30.8 Å². The Hall–Kier alpha value is -0.690. The minimum Gasteiger partial charge on any atom is -0.463 e. The fourth-order valence-electron chi connectivity index (χ4n) is 3.88. The summed E-state index contributed by atoms with van der Waals surface area (Å²) < 4.78 is 22.2. The second-order valence-corrected chi connectivity index (χ2v) is 9.14. The average Bonchev–Trinajstić information content (AvgIpc) is 3.63. The molecule has 0 saturated carbocycles. The van der Waals surface area contributed by atoms with Crippen molar-refractivity contribution in [2.45, 2.75) is 134 Å². The molecule has 2 aliphatic heterocycles. The quantitative estimate of drug-likeness (QED) is 0.185. The number of unbranched alkanes of at least 4 members (excludes halogenated alkanes) is 6. The Balaban J connectivity index is 1.33. The van der Waals surface area contributed by atoms with Crippen LogP contribution in [0.1, 0.15) is 97.8 Å². The van der Waals surface area contributed by atoms with Gasteiger partial charge in [0.25, 0.3) is 0 Å². The topological polar surface area (TPSA) is 80.8 Å². The first-order chi connectivity index (χ1) is 14.5. The maximum absolute atomic E-state index is 11.7. The van der Waals surface area contributed by atoms with Crippen LogP contribution in [-0.4, -0.2) is 60.9 Å². The Morgan fingerprint density at radius 2 is 1.47 bits per heavy atom. The first kappa shape index (κ1) is 25.6.